The minimum absolute atomic E-state index is 0.0369. The molecule has 1 fully saturated rings. The first-order valence-corrected chi connectivity index (χ1v) is 4.56. The Balaban J connectivity index is 2.66. The molecule has 1 aliphatic rings. The summed E-state index contributed by atoms with van der Waals surface area (Å²) in [4.78, 5) is 11.5. The SMILES string of the molecule is CC1CCCC(C)(C)C(=O)C1. The smallest absolute Gasteiger partial charge is 0.138 e. The van der Waals surface area contributed by atoms with Crippen LogP contribution in [0.1, 0.15) is 46.5 Å². The van der Waals surface area contributed by atoms with Gasteiger partial charge < -0.3 is 0 Å². The monoisotopic (exact) mass is 154 g/mol. The van der Waals surface area contributed by atoms with Crippen LogP contribution in [0.4, 0.5) is 0 Å². The maximum Gasteiger partial charge on any atom is 0.138 e. The Labute approximate surface area is 69.2 Å². The van der Waals surface area contributed by atoms with Gasteiger partial charge in [0.25, 0.3) is 0 Å². The average molecular weight is 154 g/mol. The number of carbonyl (C=O) groups excluding carboxylic acids is 1. The Hall–Kier alpha value is -0.330. The van der Waals surface area contributed by atoms with E-state index in [1.165, 1.54) is 12.8 Å². The number of hydrogen-bond acceptors (Lipinski definition) is 1. The number of hydrogen-bond donors (Lipinski definition) is 0. The van der Waals surface area contributed by atoms with Crippen molar-refractivity contribution in [3.05, 3.63) is 0 Å². The van der Waals surface area contributed by atoms with Gasteiger partial charge in [-0.1, -0.05) is 33.6 Å². The van der Waals surface area contributed by atoms with Crippen molar-refractivity contribution in [2.24, 2.45) is 11.3 Å². The quantitative estimate of drug-likeness (QED) is 0.490. The van der Waals surface area contributed by atoms with Gasteiger partial charge in [0, 0.05) is 11.8 Å². The second kappa shape index (κ2) is 2.96. The molecule has 0 N–H and O–H groups in total. The number of Topliss-reactive ketones (excluding diaryl/α,β-unsaturated/α-hetero) is 1. The zero-order chi connectivity index (χ0) is 8.48. The van der Waals surface area contributed by atoms with Crippen LogP contribution >= 0.6 is 0 Å². The minimum atomic E-state index is -0.0369. The number of carbonyl (C=O) groups is 1. The Morgan fingerprint density at radius 2 is 2.09 bits per heavy atom. The molecule has 0 aromatic rings. The van der Waals surface area contributed by atoms with Gasteiger partial charge in [0.2, 0.25) is 0 Å². The summed E-state index contributed by atoms with van der Waals surface area (Å²) in [6.07, 6.45) is 4.33. The third-order valence-corrected chi connectivity index (χ3v) is 2.79. The molecule has 1 saturated carbocycles. The molecule has 1 rings (SSSR count). The largest absolute Gasteiger partial charge is 0.299 e. The Morgan fingerprint density at radius 1 is 1.45 bits per heavy atom. The van der Waals surface area contributed by atoms with Crippen molar-refractivity contribution in [1.82, 2.24) is 0 Å². The fourth-order valence-electron chi connectivity index (χ4n) is 1.73. The first kappa shape index (κ1) is 8.76. The van der Waals surface area contributed by atoms with Crippen molar-refractivity contribution in [2.75, 3.05) is 0 Å². The van der Waals surface area contributed by atoms with Gasteiger partial charge in [0.05, 0.1) is 0 Å². The lowest BCUT2D eigenvalue weighted by molar-refractivity contribution is -0.127. The highest BCUT2D eigenvalue weighted by atomic mass is 16.1. The van der Waals surface area contributed by atoms with Gasteiger partial charge in [0.1, 0.15) is 5.78 Å². The summed E-state index contributed by atoms with van der Waals surface area (Å²) in [6, 6.07) is 0. The maximum absolute atomic E-state index is 11.5. The first-order valence-electron chi connectivity index (χ1n) is 4.56. The van der Waals surface area contributed by atoms with E-state index in [0.29, 0.717) is 11.7 Å². The molecular weight excluding hydrogens is 136 g/mol. The van der Waals surface area contributed by atoms with E-state index in [1.54, 1.807) is 0 Å². The predicted octanol–water partition coefficient (Wildman–Crippen LogP) is 2.79. The Kier molecular flexibility index (Phi) is 2.36. The van der Waals surface area contributed by atoms with E-state index in [0.717, 1.165) is 12.8 Å². The molecule has 0 saturated heterocycles. The molecule has 1 aliphatic carbocycles. The van der Waals surface area contributed by atoms with E-state index in [4.69, 9.17) is 0 Å². The summed E-state index contributed by atoms with van der Waals surface area (Å²) in [7, 11) is 0. The second-order valence-corrected chi connectivity index (χ2v) is 4.51. The first-order chi connectivity index (χ1) is 5.02. The molecule has 0 amide bonds. The topological polar surface area (TPSA) is 17.1 Å². The Morgan fingerprint density at radius 3 is 2.73 bits per heavy atom. The van der Waals surface area contributed by atoms with Crippen LogP contribution in [0, 0.1) is 11.3 Å². The lowest BCUT2D eigenvalue weighted by Gasteiger charge is -2.19. The van der Waals surface area contributed by atoms with Crippen molar-refractivity contribution in [3.63, 3.8) is 0 Å². The van der Waals surface area contributed by atoms with Gasteiger partial charge in [-0.05, 0) is 12.3 Å². The molecule has 1 atom stereocenters. The highest BCUT2D eigenvalue weighted by Gasteiger charge is 2.30. The predicted molar refractivity (Wildman–Crippen MR) is 46.4 cm³/mol. The van der Waals surface area contributed by atoms with Gasteiger partial charge in [-0.2, -0.15) is 0 Å². The van der Waals surface area contributed by atoms with Crippen molar-refractivity contribution in [1.29, 1.82) is 0 Å². The summed E-state index contributed by atoms with van der Waals surface area (Å²) in [5.74, 6) is 1.08. The lowest BCUT2D eigenvalue weighted by Crippen LogP contribution is -2.22. The van der Waals surface area contributed by atoms with E-state index in [2.05, 4.69) is 20.8 Å². The Bertz CT molecular complexity index is 158. The third-order valence-electron chi connectivity index (χ3n) is 2.79. The van der Waals surface area contributed by atoms with E-state index >= 15 is 0 Å². The van der Waals surface area contributed by atoms with Crippen LogP contribution in [-0.4, -0.2) is 5.78 Å². The van der Waals surface area contributed by atoms with E-state index in [9.17, 15) is 4.79 Å². The van der Waals surface area contributed by atoms with Crippen LogP contribution in [0.2, 0.25) is 0 Å². The van der Waals surface area contributed by atoms with Crippen LogP contribution in [0.5, 0.6) is 0 Å². The summed E-state index contributed by atoms with van der Waals surface area (Å²) in [6.45, 7) is 6.33. The van der Waals surface area contributed by atoms with Gasteiger partial charge in [-0.25, -0.2) is 0 Å². The molecule has 0 bridgehead atoms. The summed E-state index contributed by atoms with van der Waals surface area (Å²) < 4.78 is 0. The van der Waals surface area contributed by atoms with Crippen molar-refractivity contribution in [3.8, 4) is 0 Å². The maximum atomic E-state index is 11.5. The lowest BCUT2D eigenvalue weighted by atomic mass is 9.83. The van der Waals surface area contributed by atoms with E-state index in [1.807, 2.05) is 0 Å². The van der Waals surface area contributed by atoms with Crippen molar-refractivity contribution >= 4 is 5.78 Å². The normalized spacial score (nSPS) is 31.5. The van der Waals surface area contributed by atoms with Crippen LogP contribution in [-0.2, 0) is 4.79 Å². The highest BCUT2D eigenvalue weighted by Crippen LogP contribution is 2.32. The molecule has 0 aromatic carbocycles. The molecule has 0 heterocycles. The van der Waals surface area contributed by atoms with E-state index < -0.39 is 0 Å². The van der Waals surface area contributed by atoms with Gasteiger partial charge in [-0.15, -0.1) is 0 Å². The summed E-state index contributed by atoms with van der Waals surface area (Å²) in [5.41, 5.74) is -0.0369. The minimum Gasteiger partial charge on any atom is -0.299 e. The van der Waals surface area contributed by atoms with Crippen LogP contribution < -0.4 is 0 Å². The van der Waals surface area contributed by atoms with Crippen LogP contribution in [0.25, 0.3) is 0 Å². The molecule has 11 heavy (non-hydrogen) atoms. The molecule has 1 nitrogen and oxygen atoms in total. The molecule has 1 heteroatoms. The number of ketones is 1. The van der Waals surface area contributed by atoms with Crippen molar-refractivity contribution in [2.45, 2.75) is 46.5 Å². The molecule has 0 aromatic heterocycles. The summed E-state index contributed by atoms with van der Waals surface area (Å²) >= 11 is 0. The second-order valence-electron chi connectivity index (χ2n) is 4.51. The van der Waals surface area contributed by atoms with Gasteiger partial charge in [0.15, 0.2) is 0 Å². The van der Waals surface area contributed by atoms with Crippen LogP contribution in [0.15, 0.2) is 0 Å². The van der Waals surface area contributed by atoms with Gasteiger partial charge in [-0.3, -0.25) is 4.79 Å². The molecule has 0 radical (unpaired) electrons. The summed E-state index contributed by atoms with van der Waals surface area (Å²) in [5, 5.41) is 0. The standard InChI is InChI=1S/C10H18O/c1-8-5-4-6-10(2,3)9(11)7-8/h8H,4-7H2,1-3H3. The molecule has 64 valence electrons. The zero-order valence-electron chi connectivity index (χ0n) is 7.81. The van der Waals surface area contributed by atoms with E-state index in [-0.39, 0.29) is 5.41 Å². The van der Waals surface area contributed by atoms with Crippen LogP contribution in [0.3, 0.4) is 0 Å². The molecule has 1 unspecified atom stereocenters. The fourth-order valence-corrected chi connectivity index (χ4v) is 1.73. The number of rotatable bonds is 0. The van der Waals surface area contributed by atoms with Gasteiger partial charge >= 0.3 is 0 Å². The fraction of sp³-hybridized carbons (Fsp3) is 0.900. The highest BCUT2D eigenvalue weighted by molar-refractivity contribution is 5.84. The molecule has 0 aliphatic heterocycles. The zero-order valence-corrected chi connectivity index (χ0v) is 7.81. The average Bonchev–Trinajstić information content (AvgIpc) is 1.94. The van der Waals surface area contributed by atoms with Crippen molar-refractivity contribution < 1.29 is 4.79 Å². The molecular formula is C10H18O. The third kappa shape index (κ3) is 2.05. The molecule has 0 spiro atoms.